The highest BCUT2D eigenvalue weighted by Gasteiger charge is 2.00. The first-order valence-electron chi connectivity index (χ1n) is 2.57. The zero-order valence-corrected chi connectivity index (χ0v) is 5.37. The molecular weight excluding hydrogens is 122 g/mol. The van der Waals surface area contributed by atoms with Gasteiger partial charge in [-0.05, 0) is 13.8 Å². The summed E-state index contributed by atoms with van der Waals surface area (Å²) in [5, 5.41) is 8.54. The van der Waals surface area contributed by atoms with Crippen molar-refractivity contribution in [3.8, 4) is 0 Å². The van der Waals surface area contributed by atoms with E-state index in [0.717, 1.165) is 0 Å². The minimum absolute atomic E-state index is 0.609. The van der Waals surface area contributed by atoms with Crippen molar-refractivity contribution in [2.24, 2.45) is 4.99 Å². The summed E-state index contributed by atoms with van der Waals surface area (Å²) in [7, 11) is 0. The van der Waals surface area contributed by atoms with Gasteiger partial charge in [0.2, 0.25) is 6.08 Å². The first-order valence-corrected chi connectivity index (χ1v) is 2.57. The van der Waals surface area contributed by atoms with Crippen molar-refractivity contribution >= 4 is 6.08 Å². The number of carbonyl (C=O) groups excluding carboxylic acids is 1. The Morgan fingerprint density at radius 3 is 2.56 bits per heavy atom. The van der Waals surface area contributed by atoms with Crippen LogP contribution in [0.3, 0.4) is 0 Å². The Morgan fingerprint density at radius 1 is 1.67 bits per heavy atom. The number of hydrogen-bond acceptors (Lipinski definition) is 4. The maximum atomic E-state index is 9.54. The summed E-state index contributed by atoms with van der Waals surface area (Å²) in [6.45, 7) is 2.98. The summed E-state index contributed by atoms with van der Waals surface area (Å²) in [6.07, 6.45) is -0.189. The van der Waals surface area contributed by atoms with E-state index in [2.05, 4.69) is 9.73 Å². The molecule has 0 saturated carbocycles. The lowest BCUT2D eigenvalue weighted by atomic mass is 10.6. The van der Waals surface area contributed by atoms with Crippen LogP contribution in [-0.4, -0.2) is 23.7 Å². The van der Waals surface area contributed by atoms with E-state index in [1.165, 1.54) is 19.9 Å². The predicted octanol–water partition coefficient (Wildman–Crippen LogP) is 0.0231. The molecule has 1 N–H and O–H groups in total. The van der Waals surface area contributed by atoms with Gasteiger partial charge in [0, 0.05) is 0 Å². The third-order valence-corrected chi connectivity index (χ3v) is 0.628. The number of aliphatic hydroxyl groups is 1. The quantitative estimate of drug-likeness (QED) is 0.334. The highest BCUT2D eigenvalue weighted by Crippen LogP contribution is 1.93. The van der Waals surface area contributed by atoms with E-state index in [4.69, 9.17) is 5.11 Å². The van der Waals surface area contributed by atoms with Crippen LogP contribution in [-0.2, 0) is 9.53 Å². The molecular formula is C5H9NO3. The van der Waals surface area contributed by atoms with Gasteiger partial charge >= 0.3 is 0 Å². The highest BCUT2D eigenvalue weighted by atomic mass is 16.6. The van der Waals surface area contributed by atoms with Gasteiger partial charge in [0.1, 0.15) is 0 Å². The number of aliphatic imine (C=N–C) groups is 1. The fourth-order valence-corrected chi connectivity index (χ4v) is 0.390. The minimum atomic E-state index is -0.892. The third-order valence-electron chi connectivity index (χ3n) is 0.628. The van der Waals surface area contributed by atoms with Crippen LogP contribution >= 0.6 is 0 Å². The zero-order chi connectivity index (χ0) is 7.28. The van der Waals surface area contributed by atoms with Gasteiger partial charge in [-0.2, -0.15) is 4.99 Å². The van der Waals surface area contributed by atoms with E-state index < -0.39 is 12.5 Å². The van der Waals surface area contributed by atoms with Gasteiger partial charge in [-0.1, -0.05) is 0 Å². The number of hydrogen-bond donors (Lipinski definition) is 1. The molecule has 52 valence electrons. The molecule has 2 atom stereocenters. The molecule has 0 fully saturated rings. The summed E-state index contributed by atoms with van der Waals surface area (Å²) in [5.74, 6) is 0. The molecule has 0 aromatic carbocycles. The first kappa shape index (κ1) is 8.30. The standard InChI is InChI=1S/C5H9NO3/c1-4(6-3-7)9-5(2)8/h4-5,8H,1-2H3. The Balaban J connectivity index is 3.49. The lowest BCUT2D eigenvalue weighted by Gasteiger charge is -2.07. The molecule has 0 aliphatic carbocycles. The molecule has 0 heterocycles. The zero-order valence-electron chi connectivity index (χ0n) is 5.37. The second-order valence-electron chi connectivity index (χ2n) is 1.56. The fraction of sp³-hybridized carbons (Fsp3) is 0.800. The topological polar surface area (TPSA) is 58.9 Å². The van der Waals surface area contributed by atoms with Gasteiger partial charge in [-0.25, -0.2) is 4.79 Å². The molecule has 0 saturated heterocycles. The second-order valence-corrected chi connectivity index (χ2v) is 1.56. The molecule has 4 nitrogen and oxygen atoms in total. The normalized spacial score (nSPS) is 15.9. The van der Waals surface area contributed by atoms with Crippen molar-refractivity contribution in [3.63, 3.8) is 0 Å². The maximum absolute atomic E-state index is 9.54. The summed E-state index contributed by atoms with van der Waals surface area (Å²) in [4.78, 5) is 12.7. The van der Waals surface area contributed by atoms with Gasteiger partial charge in [0.15, 0.2) is 12.5 Å². The number of isocyanates is 1. The monoisotopic (exact) mass is 131 g/mol. The summed E-state index contributed by atoms with van der Waals surface area (Å²) < 4.78 is 4.62. The van der Waals surface area contributed by atoms with Crippen LogP contribution < -0.4 is 0 Å². The van der Waals surface area contributed by atoms with Crippen molar-refractivity contribution in [2.45, 2.75) is 26.4 Å². The van der Waals surface area contributed by atoms with E-state index in [9.17, 15) is 4.79 Å². The molecule has 0 spiro atoms. The summed E-state index contributed by atoms with van der Waals surface area (Å²) in [5.41, 5.74) is 0. The van der Waals surface area contributed by atoms with Crippen LogP contribution in [0, 0.1) is 0 Å². The Bertz CT molecular complexity index is 117. The van der Waals surface area contributed by atoms with Crippen LogP contribution in [0.5, 0.6) is 0 Å². The fourth-order valence-electron chi connectivity index (χ4n) is 0.390. The smallest absolute Gasteiger partial charge is 0.237 e. The van der Waals surface area contributed by atoms with Crippen LogP contribution in [0.25, 0.3) is 0 Å². The van der Waals surface area contributed by atoms with E-state index in [0.29, 0.717) is 0 Å². The molecule has 0 radical (unpaired) electrons. The Hall–Kier alpha value is -0.700. The number of ether oxygens (including phenoxy) is 1. The van der Waals surface area contributed by atoms with Crippen molar-refractivity contribution < 1.29 is 14.6 Å². The SMILES string of the molecule is CC(O)OC(C)N=C=O. The highest BCUT2D eigenvalue weighted by molar-refractivity contribution is 5.32. The summed E-state index contributed by atoms with van der Waals surface area (Å²) >= 11 is 0. The van der Waals surface area contributed by atoms with Crippen LogP contribution in [0.2, 0.25) is 0 Å². The maximum Gasteiger partial charge on any atom is 0.237 e. The third kappa shape index (κ3) is 5.17. The average Bonchev–Trinajstić information content (AvgIpc) is 1.63. The van der Waals surface area contributed by atoms with Crippen molar-refractivity contribution in [2.75, 3.05) is 0 Å². The van der Waals surface area contributed by atoms with E-state index in [1.54, 1.807) is 0 Å². The summed E-state index contributed by atoms with van der Waals surface area (Å²) in [6, 6.07) is 0. The molecule has 0 aromatic heterocycles. The van der Waals surface area contributed by atoms with Gasteiger partial charge in [-0.3, -0.25) is 0 Å². The van der Waals surface area contributed by atoms with Gasteiger partial charge in [-0.15, -0.1) is 0 Å². The molecule has 0 bridgehead atoms. The molecule has 0 aliphatic rings. The first-order chi connectivity index (χ1) is 4.16. The lowest BCUT2D eigenvalue weighted by molar-refractivity contribution is -0.114. The number of nitrogens with zero attached hydrogens (tertiary/aromatic N) is 1. The Labute approximate surface area is 53.2 Å². The molecule has 0 aromatic rings. The van der Waals surface area contributed by atoms with E-state index in [1.807, 2.05) is 0 Å². The molecule has 9 heavy (non-hydrogen) atoms. The van der Waals surface area contributed by atoms with Crippen LogP contribution in [0.15, 0.2) is 4.99 Å². The Morgan fingerprint density at radius 2 is 2.22 bits per heavy atom. The van der Waals surface area contributed by atoms with Gasteiger partial charge < -0.3 is 9.84 Å². The van der Waals surface area contributed by atoms with E-state index >= 15 is 0 Å². The predicted molar refractivity (Wildman–Crippen MR) is 30.3 cm³/mol. The minimum Gasteiger partial charge on any atom is -0.368 e. The van der Waals surface area contributed by atoms with Crippen molar-refractivity contribution in [1.29, 1.82) is 0 Å². The van der Waals surface area contributed by atoms with Crippen molar-refractivity contribution in [1.82, 2.24) is 0 Å². The van der Waals surface area contributed by atoms with Crippen molar-refractivity contribution in [3.05, 3.63) is 0 Å². The molecule has 0 aliphatic heterocycles. The largest absolute Gasteiger partial charge is 0.368 e. The lowest BCUT2D eigenvalue weighted by Crippen LogP contribution is -2.13. The molecule has 0 rings (SSSR count). The van der Waals surface area contributed by atoms with Gasteiger partial charge in [0.25, 0.3) is 0 Å². The second kappa shape index (κ2) is 4.21. The van der Waals surface area contributed by atoms with Crippen LogP contribution in [0.4, 0.5) is 0 Å². The molecule has 2 unspecified atom stereocenters. The molecule has 4 heteroatoms. The average molecular weight is 131 g/mol. The number of aliphatic hydroxyl groups excluding tert-OH is 1. The number of rotatable bonds is 3. The molecule has 0 amide bonds. The Kier molecular flexibility index (Phi) is 3.88. The van der Waals surface area contributed by atoms with Gasteiger partial charge in [0.05, 0.1) is 0 Å². The van der Waals surface area contributed by atoms with Crippen LogP contribution in [0.1, 0.15) is 13.8 Å². The van der Waals surface area contributed by atoms with E-state index in [-0.39, 0.29) is 0 Å².